The van der Waals surface area contributed by atoms with E-state index in [1.807, 2.05) is 37.3 Å². The molecular formula is C22H19N3O3S. The lowest BCUT2D eigenvalue weighted by atomic mass is 10.2. The molecule has 0 bridgehead atoms. The Labute approximate surface area is 171 Å². The van der Waals surface area contributed by atoms with Gasteiger partial charge in [0, 0.05) is 12.2 Å². The van der Waals surface area contributed by atoms with Crippen LogP contribution in [0, 0.1) is 6.92 Å². The maximum atomic E-state index is 12.8. The average Bonchev–Trinajstić information content (AvgIpc) is 3.08. The minimum Gasteiger partial charge on any atom is -0.457 e. The van der Waals surface area contributed by atoms with Crippen LogP contribution in [0.15, 0.2) is 65.7 Å². The maximum absolute atomic E-state index is 12.8. The SMILES string of the molecule is CCn1cnc2sc(C(=O)Nc3ccc(Oc4ccccc4)cc3)c(C)c2c1=O. The van der Waals surface area contributed by atoms with E-state index in [-0.39, 0.29) is 11.5 Å². The van der Waals surface area contributed by atoms with E-state index in [4.69, 9.17) is 4.74 Å². The molecule has 4 aromatic rings. The van der Waals surface area contributed by atoms with Crippen LogP contribution >= 0.6 is 11.3 Å². The van der Waals surface area contributed by atoms with E-state index in [2.05, 4.69) is 10.3 Å². The van der Waals surface area contributed by atoms with Crippen molar-refractivity contribution in [1.82, 2.24) is 9.55 Å². The Bertz CT molecular complexity index is 1230. The van der Waals surface area contributed by atoms with Crippen molar-refractivity contribution in [3.63, 3.8) is 0 Å². The number of nitrogens with one attached hydrogen (secondary N) is 1. The fraction of sp³-hybridized carbons (Fsp3) is 0.136. The Morgan fingerprint density at radius 1 is 1.10 bits per heavy atom. The number of ether oxygens (including phenoxy) is 1. The van der Waals surface area contributed by atoms with Gasteiger partial charge in [0.2, 0.25) is 0 Å². The van der Waals surface area contributed by atoms with Crippen molar-refractivity contribution in [3.8, 4) is 11.5 Å². The molecule has 6 nitrogen and oxygen atoms in total. The number of nitrogens with zero attached hydrogens (tertiary/aromatic N) is 2. The van der Waals surface area contributed by atoms with E-state index >= 15 is 0 Å². The number of rotatable bonds is 5. The zero-order valence-corrected chi connectivity index (χ0v) is 16.8. The van der Waals surface area contributed by atoms with Gasteiger partial charge in [-0.1, -0.05) is 18.2 Å². The van der Waals surface area contributed by atoms with E-state index in [1.165, 1.54) is 22.2 Å². The van der Waals surface area contributed by atoms with Crippen molar-refractivity contribution in [1.29, 1.82) is 0 Å². The zero-order chi connectivity index (χ0) is 20.4. The molecule has 1 N–H and O–H groups in total. The van der Waals surface area contributed by atoms with Crippen molar-refractivity contribution < 1.29 is 9.53 Å². The molecule has 0 aliphatic rings. The lowest BCUT2D eigenvalue weighted by Crippen LogP contribution is -2.19. The van der Waals surface area contributed by atoms with Crippen LogP contribution in [0.25, 0.3) is 10.2 Å². The van der Waals surface area contributed by atoms with Crippen LogP contribution in [0.2, 0.25) is 0 Å². The smallest absolute Gasteiger partial charge is 0.266 e. The molecule has 1 amide bonds. The van der Waals surface area contributed by atoms with Gasteiger partial charge in [-0.15, -0.1) is 11.3 Å². The monoisotopic (exact) mass is 405 g/mol. The molecule has 0 fully saturated rings. The first-order valence-electron chi connectivity index (χ1n) is 9.19. The fourth-order valence-corrected chi connectivity index (χ4v) is 4.05. The summed E-state index contributed by atoms with van der Waals surface area (Å²) < 4.78 is 7.30. The molecule has 0 unspecified atom stereocenters. The molecule has 0 atom stereocenters. The fourth-order valence-electron chi connectivity index (χ4n) is 3.02. The molecule has 4 rings (SSSR count). The Balaban J connectivity index is 1.54. The van der Waals surface area contributed by atoms with Gasteiger partial charge in [-0.05, 0) is 55.8 Å². The number of amides is 1. The summed E-state index contributed by atoms with van der Waals surface area (Å²) in [6, 6.07) is 16.6. The number of aryl methyl sites for hydroxylation is 2. The van der Waals surface area contributed by atoms with E-state index in [1.54, 1.807) is 31.2 Å². The summed E-state index contributed by atoms with van der Waals surface area (Å²) in [7, 11) is 0. The van der Waals surface area contributed by atoms with Gasteiger partial charge in [-0.3, -0.25) is 14.2 Å². The Kier molecular flexibility index (Phi) is 5.14. The summed E-state index contributed by atoms with van der Waals surface area (Å²) in [5.74, 6) is 1.16. The summed E-state index contributed by atoms with van der Waals surface area (Å²) in [4.78, 5) is 30.7. The number of aromatic nitrogens is 2. The van der Waals surface area contributed by atoms with Crippen molar-refractivity contribution in [2.45, 2.75) is 20.4 Å². The van der Waals surface area contributed by atoms with E-state index in [9.17, 15) is 9.59 Å². The van der Waals surface area contributed by atoms with Crippen molar-refractivity contribution in [3.05, 3.63) is 81.7 Å². The van der Waals surface area contributed by atoms with Gasteiger partial charge in [0.15, 0.2) is 0 Å². The van der Waals surface area contributed by atoms with Crippen LogP contribution in [0.4, 0.5) is 5.69 Å². The number of hydrogen-bond acceptors (Lipinski definition) is 5. The molecule has 7 heteroatoms. The third kappa shape index (κ3) is 3.77. The standard InChI is InChI=1S/C22H19N3O3S/c1-3-25-13-23-21-18(22(25)27)14(2)19(29-21)20(26)24-15-9-11-17(12-10-15)28-16-7-5-4-6-8-16/h4-13H,3H2,1-2H3,(H,24,26). The lowest BCUT2D eigenvalue weighted by Gasteiger charge is -2.08. The largest absolute Gasteiger partial charge is 0.457 e. The van der Waals surface area contributed by atoms with Crippen LogP contribution in [-0.4, -0.2) is 15.5 Å². The summed E-state index contributed by atoms with van der Waals surface area (Å²) in [5, 5.41) is 3.39. The Hall–Kier alpha value is -3.45. The minimum atomic E-state index is -0.260. The molecule has 2 heterocycles. The minimum absolute atomic E-state index is 0.118. The second-order valence-corrected chi connectivity index (χ2v) is 7.46. The van der Waals surface area contributed by atoms with Gasteiger partial charge in [-0.2, -0.15) is 0 Å². The first kappa shape index (κ1) is 18.9. The Morgan fingerprint density at radius 2 is 1.79 bits per heavy atom. The molecule has 0 radical (unpaired) electrons. The highest BCUT2D eigenvalue weighted by molar-refractivity contribution is 7.20. The normalized spacial score (nSPS) is 10.8. The van der Waals surface area contributed by atoms with Crippen LogP contribution in [0.1, 0.15) is 22.2 Å². The summed E-state index contributed by atoms with van der Waals surface area (Å²) in [6.07, 6.45) is 1.52. The summed E-state index contributed by atoms with van der Waals surface area (Å²) >= 11 is 1.23. The number of fused-ring (bicyclic) bond motifs is 1. The van der Waals surface area contributed by atoms with E-state index < -0.39 is 0 Å². The zero-order valence-electron chi connectivity index (χ0n) is 16.0. The number of thiophene rings is 1. The van der Waals surface area contributed by atoms with Crippen molar-refractivity contribution >= 4 is 33.1 Å². The number of carbonyl (C=O) groups excluding carboxylic acids is 1. The van der Waals surface area contributed by atoms with Gasteiger partial charge < -0.3 is 10.1 Å². The number of para-hydroxylation sites is 1. The average molecular weight is 405 g/mol. The second kappa shape index (κ2) is 7.89. The second-order valence-electron chi connectivity index (χ2n) is 6.47. The van der Waals surface area contributed by atoms with E-state index in [0.29, 0.717) is 38.6 Å². The number of anilines is 1. The lowest BCUT2D eigenvalue weighted by molar-refractivity contribution is 0.103. The van der Waals surface area contributed by atoms with Crippen LogP contribution in [-0.2, 0) is 6.54 Å². The topological polar surface area (TPSA) is 73.2 Å². The molecule has 0 saturated carbocycles. The number of benzene rings is 2. The van der Waals surface area contributed by atoms with Crippen LogP contribution in [0.3, 0.4) is 0 Å². The van der Waals surface area contributed by atoms with Gasteiger partial charge in [0.25, 0.3) is 11.5 Å². The Morgan fingerprint density at radius 3 is 2.48 bits per heavy atom. The first-order valence-corrected chi connectivity index (χ1v) is 10.0. The molecule has 0 aliphatic heterocycles. The van der Waals surface area contributed by atoms with Gasteiger partial charge in [0.1, 0.15) is 16.3 Å². The summed E-state index contributed by atoms with van der Waals surface area (Å²) in [5.41, 5.74) is 1.19. The molecule has 0 spiro atoms. The van der Waals surface area contributed by atoms with Gasteiger partial charge in [0.05, 0.1) is 16.6 Å². The molecule has 0 saturated heterocycles. The third-order valence-electron chi connectivity index (χ3n) is 4.56. The highest BCUT2D eigenvalue weighted by atomic mass is 32.1. The molecule has 146 valence electrons. The predicted molar refractivity (Wildman–Crippen MR) is 115 cm³/mol. The van der Waals surface area contributed by atoms with Crippen LogP contribution in [0.5, 0.6) is 11.5 Å². The highest BCUT2D eigenvalue weighted by Crippen LogP contribution is 2.28. The first-order chi connectivity index (χ1) is 14.1. The molecule has 2 aromatic carbocycles. The highest BCUT2D eigenvalue weighted by Gasteiger charge is 2.19. The molecule has 0 aliphatic carbocycles. The summed E-state index contributed by atoms with van der Waals surface area (Å²) in [6.45, 7) is 4.21. The molecular weight excluding hydrogens is 386 g/mol. The predicted octanol–water partition coefficient (Wildman–Crippen LogP) is 4.83. The number of hydrogen-bond donors (Lipinski definition) is 1. The van der Waals surface area contributed by atoms with Crippen molar-refractivity contribution in [2.24, 2.45) is 0 Å². The third-order valence-corrected chi connectivity index (χ3v) is 5.75. The van der Waals surface area contributed by atoms with Gasteiger partial charge >= 0.3 is 0 Å². The van der Waals surface area contributed by atoms with E-state index in [0.717, 1.165) is 5.75 Å². The number of carbonyl (C=O) groups is 1. The van der Waals surface area contributed by atoms with Crippen LogP contribution < -0.4 is 15.6 Å². The van der Waals surface area contributed by atoms with Crippen molar-refractivity contribution in [2.75, 3.05) is 5.32 Å². The maximum Gasteiger partial charge on any atom is 0.266 e. The quantitative estimate of drug-likeness (QED) is 0.516. The molecule has 2 aromatic heterocycles. The van der Waals surface area contributed by atoms with Gasteiger partial charge in [-0.25, -0.2) is 4.98 Å². The molecule has 29 heavy (non-hydrogen) atoms.